The fraction of sp³-hybridized carbons (Fsp3) is 0.545. The summed E-state index contributed by atoms with van der Waals surface area (Å²) in [5, 5.41) is 0. The van der Waals surface area contributed by atoms with Crippen LogP contribution >= 0.6 is 0 Å². The van der Waals surface area contributed by atoms with Crippen molar-refractivity contribution in [3.05, 3.63) is 18.0 Å². The zero-order valence-electron chi connectivity index (χ0n) is 9.50. The maximum absolute atomic E-state index is 12.2. The van der Waals surface area contributed by atoms with Gasteiger partial charge in [-0.25, -0.2) is 9.97 Å². The summed E-state index contributed by atoms with van der Waals surface area (Å²) in [4.78, 5) is 21.9. The highest BCUT2D eigenvalue weighted by Crippen LogP contribution is 2.28. The summed E-state index contributed by atoms with van der Waals surface area (Å²) in [6.07, 6.45) is 4.16. The van der Waals surface area contributed by atoms with Crippen molar-refractivity contribution in [1.29, 1.82) is 0 Å². The summed E-state index contributed by atoms with van der Waals surface area (Å²) in [6.45, 7) is 1.32. The molecule has 1 amide bonds. The predicted octanol–water partition coefficient (Wildman–Crippen LogP) is 0.0985. The van der Waals surface area contributed by atoms with Crippen molar-refractivity contribution in [1.82, 2.24) is 14.9 Å². The van der Waals surface area contributed by atoms with Crippen LogP contribution in [0.2, 0.25) is 0 Å². The third-order valence-corrected chi connectivity index (χ3v) is 3.22. The van der Waals surface area contributed by atoms with Crippen LogP contribution in [0.5, 0.6) is 6.01 Å². The van der Waals surface area contributed by atoms with E-state index in [0.29, 0.717) is 18.7 Å². The molecule has 2 bridgehead atoms. The zero-order chi connectivity index (χ0) is 11.8. The number of rotatable bonds is 2. The van der Waals surface area contributed by atoms with Crippen LogP contribution in [-0.2, 0) is 4.74 Å². The van der Waals surface area contributed by atoms with Gasteiger partial charge in [-0.15, -0.1) is 0 Å². The number of fused-ring (bicyclic) bond motifs is 2. The van der Waals surface area contributed by atoms with Gasteiger partial charge in [-0.3, -0.25) is 4.79 Å². The van der Waals surface area contributed by atoms with Gasteiger partial charge in [0.2, 0.25) is 0 Å². The molecule has 0 saturated carbocycles. The molecule has 2 aliphatic rings. The number of hydrogen-bond donors (Lipinski definition) is 0. The van der Waals surface area contributed by atoms with Gasteiger partial charge in [0, 0.05) is 18.9 Å². The second kappa shape index (κ2) is 3.96. The van der Waals surface area contributed by atoms with Gasteiger partial charge in [0.05, 0.1) is 31.4 Å². The van der Waals surface area contributed by atoms with Crippen molar-refractivity contribution < 1.29 is 14.3 Å². The van der Waals surface area contributed by atoms with E-state index in [0.717, 1.165) is 6.42 Å². The van der Waals surface area contributed by atoms with E-state index in [1.807, 2.05) is 4.90 Å². The molecular weight excluding hydrogens is 222 g/mol. The van der Waals surface area contributed by atoms with Crippen LogP contribution in [0, 0.1) is 0 Å². The van der Waals surface area contributed by atoms with Crippen LogP contribution in [0.15, 0.2) is 12.4 Å². The summed E-state index contributed by atoms with van der Waals surface area (Å²) in [5.74, 6) is -0.0246. The summed E-state index contributed by atoms with van der Waals surface area (Å²) < 4.78 is 10.3. The molecule has 2 aliphatic heterocycles. The monoisotopic (exact) mass is 235 g/mol. The summed E-state index contributed by atoms with van der Waals surface area (Å²) >= 11 is 0. The highest BCUT2D eigenvalue weighted by Gasteiger charge is 2.41. The molecule has 3 rings (SSSR count). The van der Waals surface area contributed by atoms with E-state index in [9.17, 15) is 4.79 Å². The highest BCUT2D eigenvalue weighted by atomic mass is 16.5. The lowest BCUT2D eigenvalue weighted by Gasteiger charge is -2.26. The van der Waals surface area contributed by atoms with E-state index in [-0.39, 0.29) is 24.1 Å². The third-order valence-electron chi connectivity index (χ3n) is 3.22. The van der Waals surface area contributed by atoms with Crippen LogP contribution in [-0.4, -0.2) is 53.2 Å². The third kappa shape index (κ3) is 1.74. The Morgan fingerprint density at radius 2 is 2.29 bits per heavy atom. The smallest absolute Gasteiger partial charge is 0.316 e. The minimum atomic E-state index is -0.0246. The van der Waals surface area contributed by atoms with Gasteiger partial charge in [-0.05, 0) is 6.42 Å². The molecule has 1 aromatic heterocycles. The van der Waals surface area contributed by atoms with Gasteiger partial charge in [0.25, 0.3) is 5.91 Å². The van der Waals surface area contributed by atoms with Gasteiger partial charge in [0.15, 0.2) is 0 Å². The number of hydrogen-bond acceptors (Lipinski definition) is 5. The zero-order valence-corrected chi connectivity index (χ0v) is 9.50. The standard InChI is InChI=1S/C11H13N3O3/c1-16-11-12-3-7(4-13-11)10(15)14-5-9-2-8(14)6-17-9/h3-4,8-9H,2,5-6H2,1H3/t8-,9+/m0/s1. The number of likely N-dealkylation sites (tertiary alicyclic amines) is 1. The molecule has 6 heteroatoms. The van der Waals surface area contributed by atoms with Crippen molar-refractivity contribution in [2.75, 3.05) is 20.3 Å². The normalized spacial score (nSPS) is 26.3. The number of nitrogens with zero attached hydrogens (tertiary/aromatic N) is 3. The second-order valence-electron chi connectivity index (χ2n) is 4.26. The maximum Gasteiger partial charge on any atom is 0.316 e. The number of amides is 1. The van der Waals surface area contributed by atoms with Crippen molar-refractivity contribution in [2.24, 2.45) is 0 Å². The van der Waals surface area contributed by atoms with Gasteiger partial charge in [0.1, 0.15) is 0 Å². The SMILES string of the molecule is COc1ncc(C(=O)N2C[C@H]3C[C@H]2CO3)cn1. The van der Waals surface area contributed by atoms with Gasteiger partial charge in [-0.1, -0.05) is 0 Å². The molecule has 0 aliphatic carbocycles. The molecule has 0 aromatic carbocycles. The lowest BCUT2D eigenvalue weighted by molar-refractivity contribution is 0.0258. The lowest BCUT2D eigenvalue weighted by Crippen LogP contribution is -2.41. The maximum atomic E-state index is 12.2. The second-order valence-corrected chi connectivity index (χ2v) is 4.26. The fourth-order valence-corrected chi connectivity index (χ4v) is 2.35. The molecule has 2 fully saturated rings. The first-order chi connectivity index (χ1) is 8.28. The van der Waals surface area contributed by atoms with Crippen LogP contribution in [0.4, 0.5) is 0 Å². The Labute approximate surface area is 98.6 Å². The summed E-state index contributed by atoms with van der Waals surface area (Å²) in [5.41, 5.74) is 0.498. The van der Waals surface area contributed by atoms with Crippen LogP contribution in [0.1, 0.15) is 16.8 Å². The summed E-state index contributed by atoms with van der Waals surface area (Å²) in [6, 6.07) is 0.488. The molecule has 2 atom stereocenters. The van der Waals surface area contributed by atoms with Crippen molar-refractivity contribution in [2.45, 2.75) is 18.6 Å². The Hall–Kier alpha value is -1.69. The molecule has 0 unspecified atom stereocenters. The molecule has 0 spiro atoms. The number of ether oxygens (including phenoxy) is 2. The van der Waals surface area contributed by atoms with Crippen LogP contribution in [0.3, 0.4) is 0 Å². The number of aromatic nitrogens is 2. The number of morpholine rings is 1. The van der Waals surface area contributed by atoms with Crippen LogP contribution < -0.4 is 4.74 Å². The fourth-order valence-electron chi connectivity index (χ4n) is 2.35. The molecule has 0 N–H and O–H groups in total. The molecule has 2 saturated heterocycles. The Bertz CT molecular complexity index is 434. The molecular formula is C11H13N3O3. The minimum absolute atomic E-state index is 0.0246. The van der Waals surface area contributed by atoms with Gasteiger partial charge < -0.3 is 14.4 Å². The predicted molar refractivity (Wildman–Crippen MR) is 57.8 cm³/mol. The molecule has 0 radical (unpaired) electrons. The molecule has 1 aromatic rings. The van der Waals surface area contributed by atoms with E-state index in [4.69, 9.17) is 9.47 Å². The van der Waals surface area contributed by atoms with E-state index in [2.05, 4.69) is 9.97 Å². The van der Waals surface area contributed by atoms with Crippen molar-refractivity contribution >= 4 is 5.91 Å². The first-order valence-corrected chi connectivity index (χ1v) is 5.56. The first-order valence-electron chi connectivity index (χ1n) is 5.56. The van der Waals surface area contributed by atoms with E-state index in [1.165, 1.54) is 19.5 Å². The molecule has 6 nitrogen and oxygen atoms in total. The lowest BCUT2D eigenvalue weighted by atomic mass is 10.2. The highest BCUT2D eigenvalue weighted by molar-refractivity contribution is 5.94. The van der Waals surface area contributed by atoms with E-state index >= 15 is 0 Å². The van der Waals surface area contributed by atoms with Gasteiger partial charge >= 0.3 is 6.01 Å². The molecule has 90 valence electrons. The topological polar surface area (TPSA) is 64.5 Å². The molecule has 17 heavy (non-hydrogen) atoms. The minimum Gasteiger partial charge on any atom is -0.467 e. The Morgan fingerprint density at radius 1 is 1.53 bits per heavy atom. The first kappa shape index (κ1) is 10.5. The average molecular weight is 235 g/mol. The largest absolute Gasteiger partial charge is 0.467 e. The number of carbonyl (C=O) groups excluding carboxylic acids is 1. The van der Waals surface area contributed by atoms with Crippen molar-refractivity contribution in [3.63, 3.8) is 0 Å². The summed E-state index contributed by atoms with van der Waals surface area (Å²) in [7, 11) is 1.49. The van der Waals surface area contributed by atoms with Gasteiger partial charge in [-0.2, -0.15) is 0 Å². The Morgan fingerprint density at radius 3 is 2.82 bits per heavy atom. The number of carbonyl (C=O) groups is 1. The van der Waals surface area contributed by atoms with E-state index in [1.54, 1.807) is 0 Å². The number of methoxy groups -OCH3 is 1. The van der Waals surface area contributed by atoms with Crippen LogP contribution in [0.25, 0.3) is 0 Å². The Kier molecular flexibility index (Phi) is 2.44. The Balaban J connectivity index is 1.77. The van der Waals surface area contributed by atoms with Crippen molar-refractivity contribution in [3.8, 4) is 6.01 Å². The average Bonchev–Trinajstić information content (AvgIpc) is 3.00. The quantitative estimate of drug-likeness (QED) is 0.727. The van der Waals surface area contributed by atoms with E-state index < -0.39 is 0 Å². The molecule has 3 heterocycles.